The molecule has 2 aromatic heterocycles. The van der Waals surface area contributed by atoms with Gasteiger partial charge in [0.15, 0.2) is 0 Å². The lowest BCUT2D eigenvalue weighted by atomic mass is 10.0. The Bertz CT molecular complexity index is 824. The van der Waals surface area contributed by atoms with Crippen LogP contribution in [0.25, 0.3) is 10.6 Å². The number of nitrogens with zero attached hydrogens (tertiary/aromatic N) is 2. The first-order valence-electron chi connectivity index (χ1n) is 6.95. The van der Waals surface area contributed by atoms with Gasteiger partial charge in [0.25, 0.3) is 5.91 Å². The van der Waals surface area contributed by atoms with Gasteiger partial charge in [-0.25, -0.2) is 0 Å². The third kappa shape index (κ3) is 1.92. The summed E-state index contributed by atoms with van der Waals surface area (Å²) in [6.45, 7) is 0. The van der Waals surface area contributed by atoms with Gasteiger partial charge in [-0.05, 0) is 23.6 Å². The molecule has 1 amide bonds. The second-order valence-corrected chi connectivity index (χ2v) is 6.13. The molecule has 6 heteroatoms. The Morgan fingerprint density at radius 2 is 2.09 bits per heavy atom. The molecule has 3 aromatic rings. The summed E-state index contributed by atoms with van der Waals surface area (Å²) in [5.41, 5.74) is 3.54. The average Bonchev–Trinajstić information content (AvgIpc) is 3.21. The number of fused-ring (bicyclic) bond motifs is 1. The molecule has 0 saturated heterocycles. The number of rotatable bonds is 2. The molecule has 0 spiro atoms. The molecule has 2 N–H and O–H groups in total. The van der Waals surface area contributed by atoms with Crippen molar-refractivity contribution in [1.29, 1.82) is 0 Å². The van der Waals surface area contributed by atoms with Gasteiger partial charge in [0.1, 0.15) is 6.17 Å². The Morgan fingerprint density at radius 1 is 1.23 bits per heavy atom. The van der Waals surface area contributed by atoms with Gasteiger partial charge in [-0.1, -0.05) is 18.2 Å². The van der Waals surface area contributed by atoms with Gasteiger partial charge in [0.2, 0.25) is 0 Å². The predicted octanol–water partition coefficient (Wildman–Crippen LogP) is 3.02. The minimum Gasteiger partial charge on any atom is -0.350 e. The summed E-state index contributed by atoms with van der Waals surface area (Å²) in [6, 6.07) is 11.7. The Hall–Kier alpha value is -2.60. The fraction of sp³-hybridized carbons (Fsp3) is 0.125. The molecule has 4 rings (SSSR count). The highest BCUT2D eigenvalue weighted by Gasteiger charge is 2.31. The number of carbonyl (C=O) groups is 1. The van der Waals surface area contributed by atoms with Crippen molar-refractivity contribution in [2.24, 2.45) is 0 Å². The first kappa shape index (κ1) is 13.1. The lowest BCUT2D eigenvalue weighted by molar-refractivity contribution is 0.0928. The maximum atomic E-state index is 12.4. The first-order chi connectivity index (χ1) is 10.8. The highest BCUT2D eigenvalue weighted by atomic mass is 32.1. The monoisotopic (exact) mass is 310 g/mol. The van der Waals surface area contributed by atoms with Crippen molar-refractivity contribution in [3.05, 3.63) is 59.1 Å². The Balaban J connectivity index is 1.79. The zero-order valence-corrected chi connectivity index (χ0v) is 12.7. The van der Waals surface area contributed by atoms with Gasteiger partial charge in [-0.2, -0.15) is 5.10 Å². The van der Waals surface area contributed by atoms with Crippen molar-refractivity contribution in [2.45, 2.75) is 6.17 Å². The van der Waals surface area contributed by atoms with Crippen molar-refractivity contribution >= 4 is 22.9 Å². The Labute approximate surface area is 131 Å². The molecule has 0 unspecified atom stereocenters. The summed E-state index contributed by atoms with van der Waals surface area (Å²) >= 11 is 1.64. The Kier molecular flexibility index (Phi) is 2.97. The maximum Gasteiger partial charge on any atom is 0.255 e. The normalized spacial score (nSPS) is 17.2. The molecule has 1 atom stereocenters. The van der Waals surface area contributed by atoms with Crippen LogP contribution in [0.3, 0.4) is 0 Å². The molecule has 5 nitrogen and oxygen atoms in total. The molecule has 0 saturated carbocycles. The van der Waals surface area contributed by atoms with Crippen LogP contribution in [0.4, 0.5) is 5.69 Å². The van der Waals surface area contributed by atoms with Crippen molar-refractivity contribution in [1.82, 2.24) is 15.5 Å². The smallest absolute Gasteiger partial charge is 0.255 e. The van der Waals surface area contributed by atoms with Crippen molar-refractivity contribution < 1.29 is 4.79 Å². The SMILES string of the molecule is CN1c2ccccc2C(=O)N[C@H]1c1cn[nH]c1-c1cccs1. The molecule has 0 radical (unpaired) electrons. The molecule has 3 heterocycles. The van der Waals surface area contributed by atoms with E-state index in [2.05, 4.69) is 20.4 Å². The van der Waals surface area contributed by atoms with E-state index >= 15 is 0 Å². The standard InChI is InChI=1S/C16H14N4OS/c1-20-12-6-3-2-5-10(12)16(21)18-15(20)11-9-17-19-14(11)13-7-4-8-22-13/h2-9,15H,1H3,(H,17,19)(H,18,21)/t15-/m1/s1. The zero-order chi connectivity index (χ0) is 15.1. The summed E-state index contributed by atoms with van der Waals surface area (Å²) in [4.78, 5) is 15.5. The van der Waals surface area contributed by atoms with Crippen LogP contribution in [0.1, 0.15) is 22.1 Å². The summed E-state index contributed by atoms with van der Waals surface area (Å²) in [5.74, 6) is -0.0583. The molecule has 1 aliphatic heterocycles. The first-order valence-corrected chi connectivity index (χ1v) is 7.83. The van der Waals surface area contributed by atoms with Crippen LogP contribution < -0.4 is 10.2 Å². The third-order valence-electron chi connectivity index (χ3n) is 3.91. The fourth-order valence-corrected chi connectivity index (χ4v) is 3.56. The molecule has 1 aromatic carbocycles. The number of benzene rings is 1. The second kappa shape index (κ2) is 4.99. The van der Waals surface area contributed by atoms with Gasteiger partial charge in [-0.3, -0.25) is 9.89 Å². The van der Waals surface area contributed by atoms with Gasteiger partial charge >= 0.3 is 0 Å². The molecular formula is C16H14N4OS. The fourth-order valence-electron chi connectivity index (χ4n) is 2.82. The molecule has 1 aliphatic rings. The van der Waals surface area contributed by atoms with E-state index in [9.17, 15) is 4.79 Å². The molecular weight excluding hydrogens is 296 g/mol. The summed E-state index contributed by atoms with van der Waals surface area (Å²) in [6.07, 6.45) is 1.54. The van der Waals surface area contributed by atoms with Crippen LogP contribution in [0.5, 0.6) is 0 Å². The number of carbonyl (C=O) groups excluding carboxylic acids is 1. The summed E-state index contributed by atoms with van der Waals surface area (Å²) < 4.78 is 0. The van der Waals surface area contributed by atoms with E-state index in [0.29, 0.717) is 5.56 Å². The van der Waals surface area contributed by atoms with E-state index in [4.69, 9.17) is 0 Å². The highest BCUT2D eigenvalue weighted by Crippen LogP contribution is 2.36. The Morgan fingerprint density at radius 3 is 2.91 bits per heavy atom. The van der Waals surface area contributed by atoms with Crippen LogP contribution in [-0.2, 0) is 0 Å². The van der Waals surface area contributed by atoms with E-state index < -0.39 is 0 Å². The summed E-state index contributed by atoms with van der Waals surface area (Å²) in [5, 5.41) is 12.3. The number of H-pyrrole nitrogens is 1. The number of aromatic amines is 1. The largest absolute Gasteiger partial charge is 0.350 e. The van der Waals surface area contributed by atoms with Gasteiger partial charge in [-0.15, -0.1) is 11.3 Å². The topological polar surface area (TPSA) is 61.0 Å². The van der Waals surface area contributed by atoms with Crippen LogP contribution in [0, 0.1) is 0 Å². The number of thiophene rings is 1. The lowest BCUT2D eigenvalue weighted by Gasteiger charge is -2.36. The number of amides is 1. The van der Waals surface area contributed by atoms with E-state index in [1.807, 2.05) is 48.8 Å². The maximum absolute atomic E-state index is 12.4. The molecule has 22 heavy (non-hydrogen) atoms. The highest BCUT2D eigenvalue weighted by molar-refractivity contribution is 7.13. The zero-order valence-electron chi connectivity index (χ0n) is 11.9. The van der Waals surface area contributed by atoms with Crippen LogP contribution in [0.2, 0.25) is 0 Å². The average molecular weight is 310 g/mol. The number of aromatic nitrogens is 2. The van der Waals surface area contributed by atoms with E-state index in [1.165, 1.54) is 0 Å². The number of hydrogen-bond donors (Lipinski definition) is 2. The van der Waals surface area contributed by atoms with Crippen LogP contribution in [-0.4, -0.2) is 23.2 Å². The number of para-hydroxylation sites is 1. The van der Waals surface area contributed by atoms with Gasteiger partial charge < -0.3 is 10.2 Å². The molecule has 0 bridgehead atoms. The van der Waals surface area contributed by atoms with Crippen LogP contribution in [0.15, 0.2) is 48.0 Å². The number of anilines is 1. The predicted molar refractivity (Wildman–Crippen MR) is 87.0 cm³/mol. The minimum absolute atomic E-state index is 0.0583. The van der Waals surface area contributed by atoms with Crippen molar-refractivity contribution in [3.63, 3.8) is 0 Å². The van der Waals surface area contributed by atoms with E-state index in [-0.39, 0.29) is 12.1 Å². The van der Waals surface area contributed by atoms with Crippen molar-refractivity contribution in [2.75, 3.05) is 11.9 Å². The quantitative estimate of drug-likeness (QED) is 0.765. The molecule has 0 aliphatic carbocycles. The lowest BCUT2D eigenvalue weighted by Crippen LogP contribution is -2.44. The van der Waals surface area contributed by atoms with Crippen molar-refractivity contribution in [3.8, 4) is 10.6 Å². The number of hydrogen-bond acceptors (Lipinski definition) is 4. The van der Waals surface area contributed by atoms with E-state index in [0.717, 1.165) is 21.8 Å². The van der Waals surface area contributed by atoms with E-state index in [1.54, 1.807) is 17.5 Å². The van der Waals surface area contributed by atoms with Gasteiger partial charge in [0, 0.05) is 12.6 Å². The van der Waals surface area contributed by atoms with Crippen LogP contribution >= 0.6 is 11.3 Å². The number of nitrogens with one attached hydrogen (secondary N) is 2. The molecule has 110 valence electrons. The third-order valence-corrected chi connectivity index (χ3v) is 4.80. The molecule has 0 fully saturated rings. The summed E-state index contributed by atoms with van der Waals surface area (Å²) in [7, 11) is 1.98. The minimum atomic E-state index is -0.238. The van der Waals surface area contributed by atoms with Gasteiger partial charge in [0.05, 0.1) is 28.0 Å². The second-order valence-electron chi connectivity index (χ2n) is 5.18.